The van der Waals surface area contributed by atoms with Crippen molar-refractivity contribution >= 4 is 47.2 Å². The van der Waals surface area contributed by atoms with E-state index in [0.29, 0.717) is 0 Å². The van der Waals surface area contributed by atoms with Gasteiger partial charge in [0.05, 0.1) is 56.5 Å². The van der Waals surface area contributed by atoms with Gasteiger partial charge in [0, 0.05) is 0 Å². The molecule has 6 aliphatic rings. The van der Waals surface area contributed by atoms with Gasteiger partial charge in [0.25, 0.3) is 0 Å². The molecule has 0 spiro atoms. The average Bonchev–Trinajstić information content (AvgIpc) is 4.16. The molecule has 4 aromatic heterocycles. The standard InChI is InChI=1S/2C28H30N4.2Pd/c2*1-5-27(6-2)23-13-9-19(29-23)17-21-11-15-25(31-21)28(7-3,8-4)26-16-12-22(32-26)18-20-10-14-24(27)30-20;;/h2*9-18H,5-8H2,1-4H3;;/q2*-2;2*+2/b2*19-17-,20-18-;;. The maximum absolute atomic E-state index is 5.03. The molecule has 66 heavy (non-hydrogen) atoms. The van der Waals surface area contributed by atoms with Gasteiger partial charge in [0.1, 0.15) is 0 Å². The van der Waals surface area contributed by atoms with Crippen molar-refractivity contribution in [1.29, 1.82) is 0 Å². The second-order valence-corrected chi connectivity index (χ2v) is 17.8. The molecule has 16 bridgehead atoms. The molecule has 0 N–H and O–H groups in total. The van der Waals surface area contributed by atoms with Gasteiger partial charge in [-0.1, -0.05) is 128 Å². The van der Waals surface area contributed by atoms with Crippen LogP contribution in [0.5, 0.6) is 0 Å². The molecule has 0 fully saturated rings. The fourth-order valence-corrected chi connectivity index (χ4v) is 10.8. The second-order valence-electron chi connectivity index (χ2n) is 17.8. The number of fused-ring (bicyclic) bond motifs is 12. The SMILES string of the molecule is CCC1(CC)C2=N/C(=C\c3ccc([n-]3)C(CC)(CC)c3ccc([n-]3)/C=C3/C=CC1=N3)C=C2.CCC1(CC)C2=N/C(=C\c3ccc([n-]3)C(CC)(CC)c3ccc([n-]3)/C=C3/C=CC1=N3)C=C2.[Pd+2].[Pd+2]. The Hall–Kier alpha value is -4.96. The van der Waals surface area contributed by atoms with Crippen LogP contribution in [0.3, 0.4) is 0 Å². The first-order valence-corrected chi connectivity index (χ1v) is 23.7. The van der Waals surface area contributed by atoms with Crippen LogP contribution in [-0.4, -0.2) is 22.8 Å². The van der Waals surface area contributed by atoms with Gasteiger partial charge in [0.15, 0.2) is 0 Å². The van der Waals surface area contributed by atoms with Crippen LogP contribution in [0.25, 0.3) is 24.3 Å². The van der Waals surface area contributed by atoms with Crippen molar-refractivity contribution in [2.45, 2.75) is 118 Å². The zero-order valence-corrected chi connectivity index (χ0v) is 42.5. The number of aromatic nitrogens is 4. The number of rotatable bonds is 8. The van der Waals surface area contributed by atoms with E-state index in [0.717, 1.165) is 143 Å². The minimum atomic E-state index is -0.190. The molecule has 10 rings (SSSR count). The van der Waals surface area contributed by atoms with E-state index < -0.39 is 0 Å². The van der Waals surface area contributed by atoms with E-state index in [1.807, 2.05) is 0 Å². The average molecular weight is 1060 g/mol. The third kappa shape index (κ3) is 8.28. The molecule has 8 nitrogen and oxygen atoms in total. The summed E-state index contributed by atoms with van der Waals surface area (Å²) < 4.78 is 0. The number of hydrogen-bond donors (Lipinski definition) is 0. The van der Waals surface area contributed by atoms with Crippen molar-refractivity contribution in [1.82, 2.24) is 19.9 Å². The molecular weight excluding hydrogens is 998 g/mol. The first-order valence-electron chi connectivity index (χ1n) is 23.7. The third-order valence-corrected chi connectivity index (χ3v) is 15.2. The summed E-state index contributed by atoms with van der Waals surface area (Å²) in [5.41, 5.74) is 15.5. The first kappa shape index (κ1) is 49.0. The Balaban J connectivity index is 0.000000191. The van der Waals surface area contributed by atoms with Crippen molar-refractivity contribution in [3.63, 3.8) is 0 Å². The fourth-order valence-electron chi connectivity index (χ4n) is 10.8. The van der Waals surface area contributed by atoms with Gasteiger partial charge < -0.3 is 19.9 Å². The summed E-state index contributed by atoms with van der Waals surface area (Å²) in [6.07, 6.45) is 33.0. The normalized spacial score (nSPS) is 22.7. The zero-order valence-electron chi connectivity index (χ0n) is 39.4. The van der Waals surface area contributed by atoms with Crippen molar-refractivity contribution in [3.05, 3.63) is 165 Å². The van der Waals surface area contributed by atoms with Crippen LogP contribution >= 0.6 is 0 Å². The summed E-state index contributed by atoms with van der Waals surface area (Å²) in [7, 11) is 0. The predicted octanol–water partition coefficient (Wildman–Crippen LogP) is 12.5. The molecule has 0 aliphatic carbocycles. The van der Waals surface area contributed by atoms with Crippen LogP contribution in [0.1, 0.15) is 152 Å². The summed E-state index contributed by atoms with van der Waals surface area (Å²) in [4.78, 5) is 40.3. The van der Waals surface area contributed by atoms with Crippen molar-refractivity contribution < 1.29 is 40.8 Å². The number of nitrogens with zero attached hydrogens (tertiary/aromatic N) is 8. The Kier molecular flexibility index (Phi) is 14.6. The Morgan fingerprint density at radius 2 is 0.515 bits per heavy atom. The molecular formula is C56H60N8Pd2. The topological polar surface area (TPSA) is 106 Å². The summed E-state index contributed by atoms with van der Waals surface area (Å²) in [5, 5.41) is 0. The zero-order chi connectivity index (χ0) is 44.7. The monoisotopic (exact) mass is 1060 g/mol. The van der Waals surface area contributed by atoms with E-state index in [4.69, 9.17) is 39.9 Å². The van der Waals surface area contributed by atoms with Gasteiger partial charge >= 0.3 is 40.8 Å². The molecule has 6 aliphatic heterocycles. The minimum absolute atomic E-state index is 0. The second kappa shape index (κ2) is 19.7. The Bertz CT molecular complexity index is 2460. The van der Waals surface area contributed by atoms with E-state index in [2.05, 4.69) is 177 Å². The van der Waals surface area contributed by atoms with E-state index in [1.165, 1.54) is 0 Å². The smallest absolute Gasteiger partial charge is 0.661 e. The summed E-state index contributed by atoms with van der Waals surface area (Å²) in [6, 6.07) is 17.1. The maximum atomic E-state index is 5.03. The molecule has 0 radical (unpaired) electrons. The van der Waals surface area contributed by atoms with Crippen molar-refractivity contribution in [2.24, 2.45) is 30.8 Å². The van der Waals surface area contributed by atoms with Crippen LogP contribution in [0, 0.1) is 10.8 Å². The van der Waals surface area contributed by atoms with E-state index >= 15 is 0 Å². The Morgan fingerprint density at radius 1 is 0.303 bits per heavy atom. The van der Waals surface area contributed by atoms with Crippen molar-refractivity contribution in [2.75, 3.05) is 0 Å². The van der Waals surface area contributed by atoms with Gasteiger partial charge in [-0.25, -0.2) is 0 Å². The van der Waals surface area contributed by atoms with E-state index in [-0.39, 0.29) is 62.5 Å². The summed E-state index contributed by atoms with van der Waals surface area (Å²) in [6.45, 7) is 17.8. The van der Waals surface area contributed by atoms with Crippen LogP contribution in [0.15, 0.2) is 140 Å². The molecule has 0 amide bonds. The third-order valence-electron chi connectivity index (χ3n) is 15.2. The molecule has 10 heteroatoms. The Morgan fingerprint density at radius 3 is 0.712 bits per heavy atom. The molecule has 0 saturated carbocycles. The predicted molar refractivity (Wildman–Crippen MR) is 266 cm³/mol. The largest absolute Gasteiger partial charge is 2.00 e. The molecule has 0 atom stereocenters. The van der Waals surface area contributed by atoms with Crippen LogP contribution in [0.2, 0.25) is 0 Å². The van der Waals surface area contributed by atoms with Crippen LogP contribution < -0.4 is 19.9 Å². The number of hydrogen-bond acceptors (Lipinski definition) is 4. The first-order chi connectivity index (χ1) is 31.1. The minimum Gasteiger partial charge on any atom is -0.661 e. The quantitative estimate of drug-likeness (QED) is 0.164. The van der Waals surface area contributed by atoms with Gasteiger partial charge in [-0.2, -0.15) is 22.8 Å². The maximum Gasteiger partial charge on any atom is 2.00 e. The number of allylic oxidation sites excluding steroid dienone is 8. The van der Waals surface area contributed by atoms with Gasteiger partial charge in [-0.3, -0.25) is 20.0 Å². The molecule has 10 heterocycles. The molecule has 344 valence electrons. The van der Waals surface area contributed by atoms with Gasteiger partial charge in [-0.05, 0) is 111 Å². The van der Waals surface area contributed by atoms with Gasteiger partial charge in [-0.15, -0.1) is 22.8 Å². The van der Waals surface area contributed by atoms with Crippen LogP contribution in [-0.2, 0) is 51.7 Å². The van der Waals surface area contributed by atoms with Crippen molar-refractivity contribution in [3.8, 4) is 0 Å². The summed E-state index contributed by atoms with van der Waals surface area (Å²) in [5.74, 6) is 0. The molecule has 4 aromatic rings. The Labute approximate surface area is 419 Å². The van der Waals surface area contributed by atoms with E-state index in [1.54, 1.807) is 0 Å². The molecule has 0 aromatic carbocycles. The van der Waals surface area contributed by atoms with Crippen LogP contribution in [0.4, 0.5) is 0 Å². The number of aliphatic imine (C=N–C) groups is 4. The fraction of sp³-hybridized carbons (Fsp3) is 0.357. The molecule has 0 unspecified atom stereocenters. The van der Waals surface area contributed by atoms with E-state index in [9.17, 15) is 0 Å². The molecule has 0 saturated heterocycles. The van der Waals surface area contributed by atoms with Gasteiger partial charge in [0.2, 0.25) is 0 Å². The summed E-state index contributed by atoms with van der Waals surface area (Å²) >= 11 is 0.